The fraction of sp³-hybridized carbons (Fsp3) is 0.533. The summed E-state index contributed by atoms with van der Waals surface area (Å²) in [4.78, 5) is 6.62. The number of hydrogen-bond donors (Lipinski definition) is 0. The Labute approximate surface area is 105 Å². The Morgan fingerprint density at radius 1 is 1.29 bits per heavy atom. The van der Waals surface area contributed by atoms with Crippen molar-refractivity contribution < 1.29 is 0 Å². The first-order valence-electron chi connectivity index (χ1n) is 6.51. The highest BCUT2D eigenvalue weighted by Gasteiger charge is 2.04. The minimum atomic E-state index is 1.11. The number of pyridine rings is 1. The molecule has 2 nitrogen and oxygen atoms in total. The number of nitrogens with zero attached hydrogens (tertiary/aromatic N) is 2. The molecule has 0 aliphatic heterocycles. The summed E-state index contributed by atoms with van der Waals surface area (Å²) in [6.07, 6.45) is 8.86. The van der Waals surface area contributed by atoms with E-state index in [1.165, 1.54) is 24.1 Å². The highest BCUT2D eigenvalue weighted by molar-refractivity contribution is 5.65. The molecule has 17 heavy (non-hydrogen) atoms. The van der Waals surface area contributed by atoms with Crippen LogP contribution in [0.4, 0.5) is 5.69 Å². The maximum Gasteiger partial charge on any atom is 0.0679 e. The monoisotopic (exact) mass is 232 g/mol. The Morgan fingerprint density at radius 2 is 2.06 bits per heavy atom. The molecule has 0 saturated heterocycles. The van der Waals surface area contributed by atoms with Crippen molar-refractivity contribution in [2.75, 3.05) is 19.0 Å². The zero-order chi connectivity index (χ0) is 12.7. The van der Waals surface area contributed by atoms with Crippen molar-refractivity contribution in [3.05, 3.63) is 30.1 Å². The second-order valence-electron chi connectivity index (χ2n) is 4.56. The fourth-order valence-corrected chi connectivity index (χ4v) is 1.80. The third-order valence-electron chi connectivity index (χ3n) is 2.79. The van der Waals surface area contributed by atoms with E-state index in [1.807, 2.05) is 12.3 Å². The highest BCUT2D eigenvalue weighted by Crippen LogP contribution is 2.22. The van der Waals surface area contributed by atoms with Gasteiger partial charge in [-0.15, -0.1) is 0 Å². The molecule has 1 aromatic rings. The molecule has 0 unspecified atom stereocenters. The standard InChI is InChI=1S/C15H24N2/c1-5-7-9-13(8-6-2)15-12-14(17(3)4)10-11-16-15/h9-12H,5-8H2,1-4H3. The van der Waals surface area contributed by atoms with Crippen molar-refractivity contribution in [3.8, 4) is 0 Å². The second kappa shape index (κ2) is 7.10. The van der Waals surface area contributed by atoms with Gasteiger partial charge in [0.1, 0.15) is 0 Å². The first-order valence-corrected chi connectivity index (χ1v) is 6.51. The van der Waals surface area contributed by atoms with Crippen LogP contribution in [0.25, 0.3) is 5.57 Å². The summed E-state index contributed by atoms with van der Waals surface area (Å²) in [7, 11) is 4.13. The predicted octanol–water partition coefficient (Wildman–Crippen LogP) is 4.13. The van der Waals surface area contributed by atoms with Crippen LogP contribution < -0.4 is 4.90 Å². The molecule has 1 heterocycles. The van der Waals surface area contributed by atoms with Crippen molar-refractivity contribution in [1.82, 2.24) is 4.98 Å². The van der Waals surface area contributed by atoms with Crippen molar-refractivity contribution >= 4 is 11.3 Å². The molecule has 0 aliphatic rings. The molecule has 0 N–H and O–H groups in total. The first kappa shape index (κ1) is 13.8. The van der Waals surface area contributed by atoms with Gasteiger partial charge in [0.2, 0.25) is 0 Å². The van der Waals surface area contributed by atoms with Gasteiger partial charge in [-0.05, 0) is 30.5 Å². The molecule has 0 fully saturated rings. The third kappa shape index (κ3) is 4.22. The summed E-state index contributed by atoms with van der Waals surface area (Å²) < 4.78 is 0. The lowest BCUT2D eigenvalue weighted by atomic mass is 10.0. The zero-order valence-electron chi connectivity index (χ0n) is 11.5. The Hall–Kier alpha value is -1.31. The van der Waals surface area contributed by atoms with Crippen LogP contribution in [0.2, 0.25) is 0 Å². The van der Waals surface area contributed by atoms with E-state index in [0.29, 0.717) is 0 Å². The van der Waals surface area contributed by atoms with Crippen LogP contribution in [0, 0.1) is 0 Å². The third-order valence-corrected chi connectivity index (χ3v) is 2.79. The van der Waals surface area contributed by atoms with Crippen LogP contribution >= 0.6 is 0 Å². The van der Waals surface area contributed by atoms with Gasteiger partial charge in [-0.1, -0.05) is 32.8 Å². The van der Waals surface area contributed by atoms with Gasteiger partial charge >= 0.3 is 0 Å². The Kier molecular flexibility index (Phi) is 5.75. The molecule has 0 atom stereocenters. The zero-order valence-corrected chi connectivity index (χ0v) is 11.5. The fourth-order valence-electron chi connectivity index (χ4n) is 1.80. The minimum Gasteiger partial charge on any atom is -0.378 e. The molecule has 1 aromatic heterocycles. The van der Waals surface area contributed by atoms with Gasteiger partial charge in [0.15, 0.2) is 0 Å². The summed E-state index contributed by atoms with van der Waals surface area (Å²) in [6, 6.07) is 4.23. The number of unbranched alkanes of at least 4 members (excludes halogenated alkanes) is 1. The van der Waals surface area contributed by atoms with Gasteiger partial charge < -0.3 is 4.90 Å². The predicted molar refractivity (Wildman–Crippen MR) is 76.4 cm³/mol. The number of allylic oxidation sites excluding steroid dienone is 2. The summed E-state index contributed by atoms with van der Waals surface area (Å²) in [5.41, 5.74) is 3.73. The summed E-state index contributed by atoms with van der Waals surface area (Å²) >= 11 is 0. The maximum absolute atomic E-state index is 4.50. The molecule has 2 heteroatoms. The molecule has 1 rings (SSSR count). The number of hydrogen-bond acceptors (Lipinski definition) is 2. The highest BCUT2D eigenvalue weighted by atomic mass is 15.1. The largest absolute Gasteiger partial charge is 0.378 e. The molecular formula is C15H24N2. The summed E-state index contributed by atoms with van der Waals surface area (Å²) in [6.45, 7) is 4.43. The van der Waals surface area contributed by atoms with E-state index < -0.39 is 0 Å². The Morgan fingerprint density at radius 3 is 2.65 bits per heavy atom. The van der Waals surface area contributed by atoms with E-state index in [-0.39, 0.29) is 0 Å². The van der Waals surface area contributed by atoms with Crippen LogP contribution in [0.5, 0.6) is 0 Å². The Balaban J connectivity index is 2.97. The molecule has 0 radical (unpaired) electrons. The van der Waals surface area contributed by atoms with Crippen LogP contribution in [-0.2, 0) is 0 Å². The molecular weight excluding hydrogens is 208 g/mol. The maximum atomic E-state index is 4.50. The topological polar surface area (TPSA) is 16.1 Å². The lowest BCUT2D eigenvalue weighted by Gasteiger charge is -2.14. The summed E-state index contributed by atoms with van der Waals surface area (Å²) in [5, 5.41) is 0. The van der Waals surface area contributed by atoms with Gasteiger partial charge in [0.25, 0.3) is 0 Å². The normalized spacial score (nSPS) is 11.6. The van der Waals surface area contributed by atoms with E-state index >= 15 is 0 Å². The van der Waals surface area contributed by atoms with E-state index in [0.717, 1.165) is 18.5 Å². The average molecular weight is 232 g/mol. The lowest BCUT2D eigenvalue weighted by Crippen LogP contribution is -2.09. The Bertz CT molecular complexity index is 367. The molecule has 0 spiro atoms. The van der Waals surface area contributed by atoms with Gasteiger partial charge in [-0.3, -0.25) is 4.98 Å². The molecule has 0 amide bonds. The number of anilines is 1. The van der Waals surface area contributed by atoms with Crippen LogP contribution in [0.3, 0.4) is 0 Å². The van der Waals surface area contributed by atoms with Gasteiger partial charge in [0.05, 0.1) is 5.69 Å². The van der Waals surface area contributed by atoms with Gasteiger partial charge in [-0.25, -0.2) is 0 Å². The second-order valence-corrected chi connectivity index (χ2v) is 4.56. The smallest absolute Gasteiger partial charge is 0.0679 e. The van der Waals surface area contributed by atoms with Crippen LogP contribution in [0.1, 0.15) is 45.2 Å². The van der Waals surface area contributed by atoms with Crippen LogP contribution in [-0.4, -0.2) is 19.1 Å². The molecule has 94 valence electrons. The van der Waals surface area contributed by atoms with E-state index in [9.17, 15) is 0 Å². The first-order chi connectivity index (χ1) is 8.19. The van der Waals surface area contributed by atoms with E-state index in [2.05, 4.69) is 50.0 Å². The molecule has 0 bridgehead atoms. The average Bonchev–Trinajstić information content (AvgIpc) is 2.34. The molecule has 0 aliphatic carbocycles. The SMILES string of the molecule is CCCC=C(CCC)c1cc(N(C)C)ccn1. The van der Waals surface area contributed by atoms with Gasteiger partial charge in [-0.2, -0.15) is 0 Å². The van der Waals surface area contributed by atoms with Crippen LogP contribution in [0.15, 0.2) is 24.4 Å². The van der Waals surface area contributed by atoms with E-state index in [1.54, 1.807) is 0 Å². The lowest BCUT2D eigenvalue weighted by molar-refractivity contribution is 0.927. The van der Waals surface area contributed by atoms with Gasteiger partial charge in [0, 0.05) is 26.0 Å². The summed E-state index contributed by atoms with van der Waals surface area (Å²) in [5.74, 6) is 0. The minimum absolute atomic E-state index is 1.11. The number of rotatable bonds is 6. The van der Waals surface area contributed by atoms with Crippen molar-refractivity contribution in [2.45, 2.75) is 39.5 Å². The van der Waals surface area contributed by atoms with Crippen molar-refractivity contribution in [1.29, 1.82) is 0 Å². The number of aromatic nitrogens is 1. The van der Waals surface area contributed by atoms with Crippen molar-refractivity contribution in [3.63, 3.8) is 0 Å². The molecule has 0 saturated carbocycles. The van der Waals surface area contributed by atoms with Crippen molar-refractivity contribution in [2.24, 2.45) is 0 Å². The quantitative estimate of drug-likeness (QED) is 0.733. The van der Waals surface area contributed by atoms with E-state index in [4.69, 9.17) is 0 Å². The molecule has 0 aromatic carbocycles.